The van der Waals surface area contributed by atoms with Crippen LogP contribution in [0.4, 0.5) is 11.4 Å². The third kappa shape index (κ3) is 4.69. The Kier molecular flexibility index (Phi) is 5.89. The van der Waals surface area contributed by atoms with E-state index in [-0.39, 0.29) is 0 Å². The summed E-state index contributed by atoms with van der Waals surface area (Å²) in [5.41, 5.74) is 2.00. The SMILES string of the molecule is COc1ccc(N2CCN(C(=S)Nc3cc(Cl)cc(Cl)c3)CC2)cc1. The smallest absolute Gasteiger partial charge is 0.173 e. The van der Waals surface area contributed by atoms with Gasteiger partial charge in [-0.1, -0.05) is 23.2 Å². The second-order valence-corrected chi connectivity index (χ2v) is 7.02. The average molecular weight is 396 g/mol. The number of hydrogen-bond donors (Lipinski definition) is 1. The number of rotatable bonds is 3. The molecule has 1 heterocycles. The molecule has 1 fully saturated rings. The predicted octanol–water partition coefficient (Wildman–Crippen LogP) is 4.52. The van der Waals surface area contributed by atoms with E-state index in [0.29, 0.717) is 15.2 Å². The molecule has 1 aliphatic rings. The van der Waals surface area contributed by atoms with Crippen LogP contribution in [0.25, 0.3) is 0 Å². The summed E-state index contributed by atoms with van der Waals surface area (Å²) in [6.45, 7) is 3.52. The highest BCUT2D eigenvalue weighted by Crippen LogP contribution is 2.24. The van der Waals surface area contributed by atoms with E-state index >= 15 is 0 Å². The Bertz CT molecular complexity index is 726. The van der Waals surface area contributed by atoms with E-state index in [1.54, 1.807) is 13.2 Å². The number of halogens is 2. The second kappa shape index (κ2) is 8.13. The minimum atomic E-state index is 0.585. The molecule has 0 spiro atoms. The molecule has 7 heteroatoms. The number of methoxy groups -OCH3 is 1. The molecule has 2 aromatic rings. The topological polar surface area (TPSA) is 27.7 Å². The first kappa shape index (κ1) is 18.1. The molecule has 0 aromatic heterocycles. The van der Waals surface area contributed by atoms with E-state index < -0.39 is 0 Å². The molecular weight excluding hydrogens is 377 g/mol. The molecule has 0 saturated carbocycles. The minimum Gasteiger partial charge on any atom is -0.497 e. The standard InChI is InChI=1S/C18H19Cl2N3OS/c1-24-17-4-2-16(3-5-17)22-6-8-23(9-7-22)18(25)21-15-11-13(19)10-14(20)12-15/h2-5,10-12H,6-9H2,1H3,(H,21,25). The van der Waals surface area contributed by atoms with Gasteiger partial charge in [0, 0.05) is 47.6 Å². The van der Waals surface area contributed by atoms with Crippen molar-refractivity contribution in [1.82, 2.24) is 4.90 Å². The molecule has 0 amide bonds. The average Bonchev–Trinajstić information content (AvgIpc) is 2.61. The summed E-state index contributed by atoms with van der Waals surface area (Å²) in [5.74, 6) is 0.868. The molecular formula is C18H19Cl2N3OS. The normalized spacial score (nSPS) is 14.4. The van der Waals surface area contributed by atoms with Gasteiger partial charge in [0.1, 0.15) is 5.75 Å². The van der Waals surface area contributed by atoms with Crippen LogP contribution < -0.4 is 15.0 Å². The van der Waals surface area contributed by atoms with Crippen molar-refractivity contribution in [3.8, 4) is 5.75 Å². The van der Waals surface area contributed by atoms with E-state index in [0.717, 1.165) is 37.6 Å². The van der Waals surface area contributed by atoms with Crippen molar-refractivity contribution in [2.75, 3.05) is 43.5 Å². The molecule has 4 nitrogen and oxygen atoms in total. The van der Waals surface area contributed by atoms with Gasteiger partial charge in [0.2, 0.25) is 0 Å². The van der Waals surface area contributed by atoms with Gasteiger partial charge >= 0.3 is 0 Å². The second-order valence-electron chi connectivity index (χ2n) is 5.76. The van der Waals surface area contributed by atoms with Gasteiger partial charge in [-0.05, 0) is 54.7 Å². The van der Waals surface area contributed by atoms with Crippen LogP contribution in [0.2, 0.25) is 10.0 Å². The molecule has 25 heavy (non-hydrogen) atoms. The van der Waals surface area contributed by atoms with Crippen molar-refractivity contribution < 1.29 is 4.74 Å². The van der Waals surface area contributed by atoms with Gasteiger partial charge in [0.25, 0.3) is 0 Å². The molecule has 3 rings (SSSR count). The summed E-state index contributed by atoms with van der Waals surface area (Å²) in [7, 11) is 1.68. The molecule has 0 radical (unpaired) electrons. The number of piperazine rings is 1. The molecule has 2 aromatic carbocycles. The number of anilines is 2. The Morgan fingerprint density at radius 1 is 1.00 bits per heavy atom. The number of ether oxygens (including phenoxy) is 1. The lowest BCUT2D eigenvalue weighted by atomic mass is 10.2. The zero-order valence-corrected chi connectivity index (χ0v) is 16.2. The molecule has 1 N–H and O–H groups in total. The first-order valence-electron chi connectivity index (χ1n) is 7.96. The first-order chi connectivity index (χ1) is 12.0. The van der Waals surface area contributed by atoms with E-state index in [4.69, 9.17) is 40.2 Å². The maximum absolute atomic E-state index is 6.03. The van der Waals surface area contributed by atoms with Crippen molar-refractivity contribution in [2.24, 2.45) is 0 Å². The van der Waals surface area contributed by atoms with E-state index in [1.807, 2.05) is 24.3 Å². The summed E-state index contributed by atoms with van der Waals surface area (Å²) in [6, 6.07) is 13.5. The maximum atomic E-state index is 6.03. The number of thiocarbonyl (C=S) groups is 1. The molecule has 0 bridgehead atoms. The van der Waals surface area contributed by atoms with Gasteiger partial charge in [-0.2, -0.15) is 0 Å². The fourth-order valence-electron chi connectivity index (χ4n) is 2.79. The van der Waals surface area contributed by atoms with Crippen LogP contribution in [0, 0.1) is 0 Å². The lowest BCUT2D eigenvalue weighted by Crippen LogP contribution is -2.50. The van der Waals surface area contributed by atoms with Gasteiger partial charge in [0.15, 0.2) is 5.11 Å². The van der Waals surface area contributed by atoms with Crippen molar-refractivity contribution >= 4 is 51.9 Å². The molecule has 1 saturated heterocycles. The highest BCUT2D eigenvalue weighted by molar-refractivity contribution is 7.80. The van der Waals surface area contributed by atoms with Gasteiger partial charge in [-0.3, -0.25) is 0 Å². The summed E-state index contributed by atoms with van der Waals surface area (Å²) in [4.78, 5) is 4.50. The van der Waals surface area contributed by atoms with Crippen LogP contribution in [0.5, 0.6) is 5.75 Å². The van der Waals surface area contributed by atoms with Crippen LogP contribution in [0.3, 0.4) is 0 Å². The van der Waals surface area contributed by atoms with Crippen molar-refractivity contribution in [3.05, 3.63) is 52.5 Å². The zero-order chi connectivity index (χ0) is 17.8. The Morgan fingerprint density at radius 3 is 2.16 bits per heavy atom. The molecule has 0 aliphatic carbocycles. The Morgan fingerprint density at radius 2 is 1.60 bits per heavy atom. The Hall–Kier alpha value is -1.69. The third-order valence-corrected chi connectivity index (χ3v) is 4.91. The fraction of sp³-hybridized carbons (Fsp3) is 0.278. The number of benzene rings is 2. The van der Waals surface area contributed by atoms with Crippen LogP contribution in [0.15, 0.2) is 42.5 Å². The van der Waals surface area contributed by atoms with Gasteiger partial charge in [-0.15, -0.1) is 0 Å². The zero-order valence-electron chi connectivity index (χ0n) is 13.8. The van der Waals surface area contributed by atoms with Gasteiger partial charge in [-0.25, -0.2) is 0 Å². The van der Waals surface area contributed by atoms with Crippen LogP contribution in [-0.4, -0.2) is 43.3 Å². The summed E-state index contributed by atoms with van der Waals surface area (Å²) >= 11 is 17.6. The van der Waals surface area contributed by atoms with E-state index in [9.17, 15) is 0 Å². The van der Waals surface area contributed by atoms with Crippen LogP contribution in [0.1, 0.15) is 0 Å². The highest BCUT2D eigenvalue weighted by atomic mass is 35.5. The number of hydrogen-bond acceptors (Lipinski definition) is 3. The van der Waals surface area contributed by atoms with Gasteiger partial charge in [0.05, 0.1) is 7.11 Å². The molecule has 132 valence electrons. The summed E-state index contributed by atoms with van der Waals surface area (Å²) in [5, 5.41) is 5.07. The quantitative estimate of drug-likeness (QED) is 0.771. The monoisotopic (exact) mass is 395 g/mol. The number of nitrogens with one attached hydrogen (secondary N) is 1. The summed E-state index contributed by atoms with van der Waals surface area (Å²) < 4.78 is 5.21. The predicted molar refractivity (Wildman–Crippen MR) is 109 cm³/mol. The maximum Gasteiger partial charge on any atom is 0.173 e. The molecule has 0 unspecified atom stereocenters. The highest BCUT2D eigenvalue weighted by Gasteiger charge is 2.19. The summed E-state index contributed by atoms with van der Waals surface area (Å²) in [6.07, 6.45) is 0. The minimum absolute atomic E-state index is 0.585. The van der Waals surface area contributed by atoms with Crippen molar-refractivity contribution in [2.45, 2.75) is 0 Å². The fourth-order valence-corrected chi connectivity index (χ4v) is 3.62. The lowest BCUT2D eigenvalue weighted by Gasteiger charge is -2.37. The lowest BCUT2D eigenvalue weighted by molar-refractivity contribution is 0.390. The largest absolute Gasteiger partial charge is 0.497 e. The van der Waals surface area contributed by atoms with E-state index in [1.165, 1.54) is 5.69 Å². The van der Waals surface area contributed by atoms with E-state index in [2.05, 4.69) is 27.2 Å². The first-order valence-corrected chi connectivity index (χ1v) is 9.12. The van der Waals surface area contributed by atoms with Crippen LogP contribution >= 0.6 is 35.4 Å². The van der Waals surface area contributed by atoms with Crippen molar-refractivity contribution in [1.29, 1.82) is 0 Å². The third-order valence-electron chi connectivity index (χ3n) is 4.12. The Labute approximate surface area is 163 Å². The van der Waals surface area contributed by atoms with Gasteiger partial charge < -0.3 is 19.9 Å². The van der Waals surface area contributed by atoms with Crippen molar-refractivity contribution in [3.63, 3.8) is 0 Å². The number of nitrogens with zero attached hydrogens (tertiary/aromatic N) is 2. The Balaban J connectivity index is 1.56. The van der Waals surface area contributed by atoms with Crippen LogP contribution in [-0.2, 0) is 0 Å². The molecule has 1 aliphatic heterocycles. The molecule has 0 atom stereocenters.